The smallest absolute Gasteiger partial charge is 0.0823 e. The Labute approximate surface area is 120 Å². The fourth-order valence-corrected chi connectivity index (χ4v) is 2.59. The van der Waals surface area contributed by atoms with E-state index in [1.807, 2.05) is 12.1 Å². The van der Waals surface area contributed by atoms with E-state index in [-0.39, 0.29) is 18.5 Å². The Morgan fingerprint density at radius 3 is 2.44 bits per heavy atom. The van der Waals surface area contributed by atoms with Gasteiger partial charge in [-0.15, -0.1) is 12.4 Å². The summed E-state index contributed by atoms with van der Waals surface area (Å²) in [5, 5.41) is 4.18. The third kappa shape index (κ3) is 4.43. The van der Waals surface area contributed by atoms with Crippen LogP contribution in [-0.2, 0) is 4.74 Å². The standard InChI is InChI=1S/C14H20ClNO.ClH/c1-17-14(10-11-6-8-16-9-7-11)12-2-4-13(15)5-3-12;/h2-5,11,14,16H,6-10H2,1H3;1H. The predicted molar refractivity (Wildman–Crippen MR) is 78.7 cm³/mol. The van der Waals surface area contributed by atoms with Gasteiger partial charge in [-0.05, 0) is 56.0 Å². The number of methoxy groups -OCH3 is 1. The van der Waals surface area contributed by atoms with Gasteiger partial charge in [-0.3, -0.25) is 0 Å². The molecule has 0 amide bonds. The predicted octanol–water partition coefficient (Wildman–Crippen LogP) is 3.84. The Bertz CT molecular complexity index is 336. The highest BCUT2D eigenvalue weighted by atomic mass is 35.5. The zero-order valence-electron chi connectivity index (χ0n) is 10.7. The first kappa shape index (κ1) is 15.8. The molecule has 0 saturated carbocycles. The van der Waals surface area contributed by atoms with Crippen molar-refractivity contribution >= 4 is 24.0 Å². The van der Waals surface area contributed by atoms with Crippen LogP contribution in [0.5, 0.6) is 0 Å². The molecule has 102 valence electrons. The molecule has 18 heavy (non-hydrogen) atoms. The zero-order valence-corrected chi connectivity index (χ0v) is 12.3. The van der Waals surface area contributed by atoms with E-state index in [9.17, 15) is 0 Å². The molecule has 2 nitrogen and oxygen atoms in total. The number of hydrogen-bond donors (Lipinski definition) is 1. The topological polar surface area (TPSA) is 21.3 Å². The highest BCUT2D eigenvalue weighted by Crippen LogP contribution is 2.29. The van der Waals surface area contributed by atoms with Crippen molar-refractivity contribution in [1.82, 2.24) is 5.32 Å². The van der Waals surface area contributed by atoms with Crippen molar-refractivity contribution in [3.63, 3.8) is 0 Å². The van der Waals surface area contributed by atoms with Crippen LogP contribution in [0.15, 0.2) is 24.3 Å². The fraction of sp³-hybridized carbons (Fsp3) is 0.571. The maximum atomic E-state index is 5.90. The molecule has 0 aliphatic carbocycles. The fourth-order valence-electron chi connectivity index (χ4n) is 2.47. The monoisotopic (exact) mass is 289 g/mol. The molecule has 1 heterocycles. The Kier molecular flexibility index (Phi) is 7.02. The number of piperidine rings is 1. The van der Waals surface area contributed by atoms with Gasteiger partial charge >= 0.3 is 0 Å². The Balaban J connectivity index is 0.00000162. The number of hydrogen-bond acceptors (Lipinski definition) is 2. The summed E-state index contributed by atoms with van der Waals surface area (Å²) in [6, 6.07) is 8.01. The lowest BCUT2D eigenvalue weighted by Crippen LogP contribution is -2.28. The van der Waals surface area contributed by atoms with Gasteiger partial charge in [0, 0.05) is 12.1 Å². The van der Waals surface area contributed by atoms with Crippen molar-refractivity contribution in [1.29, 1.82) is 0 Å². The summed E-state index contributed by atoms with van der Waals surface area (Å²) in [5.41, 5.74) is 1.23. The van der Waals surface area contributed by atoms with Gasteiger partial charge in [-0.1, -0.05) is 23.7 Å². The van der Waals surface area contributed by atoms with Crippen LogP contribution in [0.3, 0.4) is 0 Å². The summed E-state index contributed by atoms with van der Waals surface area (Å²) < 4.78 is 5.62. The number of benzene rings is 1. The minimum absolute atomic E-state index is 0. The molecule has 0 spiro atoms. The molecule has 1 fully saturated rings. The second-order valence-electron chi connectivity index (χ2n) is 4.70. The van der Waals surface area contributed by atoms with Crippen molar-refractivity contribution in [2.24, 2.45) is 5.92 Å². The average molecular weight is 290 g/mol. The Morgan fingerprint density at radius 2 is 1.89 bits per heavy atom. The summed E-state index contributed by atoms with van der Waals surface area (Å²) in [4.78, 5) is 0. The van der Waals surface area contributed by atoms with E-state index in [1.54, 1.807) is 7.11 Å². The molecule has 1 N–H and O–H groups in total. The van der Waals surface area contributed by atoms with Crippen molar-refractivity contribution in [2.75, 3.05) is 20.2 Å². The van der Waals surface area contributed by atoms with E-state index >= 15 is 0 Å². The quantitative estimate of drug-likeness (QED) is 0.909. The summed E-state index contributed by atoms with van der Waals surface area (Å²) >= 11 is 5.90. The highest BCUT2D eigenvalue weighted by Gasteiger charge is 2.19. The van der Waals surface area contributed by atoms with Gasteiger partial charge in [-0.2, -0.15) is 0 Å². The first-order valence-corrected chi connectivity index (χ1v) is 6.66. The van der Waals surface area contributed by atoms with Gasteiger partial charge in [-0.25, -0.2) is 0 Å². The van der Waals surface area contributed by atoms with E-state index in [4.69, 9.17) is 16.3 Å². The highest BCUT2D eigenvalue weighted by molar-refractivity contribution is 6.30. The van der Waals surface area contributed by atoms with Crippen LogP contribution in [0.1, 0.15) is 30.9 Å². The second kappa shape index (κ2) is 8.00. The van der Waals surface area contributed by atoms with Crippen LogP contribution in [0.2, 0.25) is 5.02 Å². The minimum atomic E-state index is 0. The zero-order chi connectivity index (χ0) is 12.1. The molecule has 1 atom stereocenters. The van der Waals surface area contributed by atoms with Gasteiger partial charge in [0.1, 0.15) is 0 Å². The molecular formula is C14H21Cl2NO. The van der Waals surface area contributed by atoms with Crippen LogP contribution in [-0.4, -0.2) is 20.2 Å². The number of rotatable bonds is 4. The van der Waals surface area contributed by atoms with Crippen molar-refractivity contribution in [3.8, 4) is 0 Å². The molecule has 1 aromatic carbocycles. The number of halogens is 2. The maximum Gasteiger partial charge on any atom is 0.0823 e. The molecule has 1 saturated heterocycles. The molecule has 0 bridgehead atoms. The first-order chi connectivity index (χ1) is 8.29. The normalized spacial score (nSPS) is 18.1. The first-order valence-electron chi connectivity index (χ1n) is 6.28. The van der Waals surface area contributed by atoms with Crippen LogP contribution in [0.25, 0.3) is 0 Å². The van der Waals surface area contributed by atoms with E-state index in [0.717, 1.165) is 30.5 Å². The molecule has 0 aromatic heterocycles. The van der Waals surface area contributed by atoms with Gasteiger partial charge in [0.25, 0.3) is 0 Å². The van der Waals surface area contributed by atoms with Gasteiger partial charge in [0.2, 0.25) is 0 Å². The molecule has 1 unspecified atom stereocenters. The van der Waals surface area contributed by atoms with E-state index in [1.165, 1.54) is 18.4 Å². The summed E-state index contributed by atoms with van der Waals surface area (Å²) in [6.45, 7) is 2.28. The molecule has 4 heteroatoms. The lowest BCUT2D eigenvalue weighted by atomic mass is 9.89. The number of nitrogens with one attached hydrogen (secondary N) is 1. The molecule has 1 aromatic rings. The Hall–Kier alpha value is -0.280. The van der Waals surface area contributed by atoms with Gasteiger partial charge in [0.15, 0.2) is 0 Å². The van der Waals surface area contributed by atoms with E-state index in [0.29, 0.717) is 0 Å². The largest absolute Gasteiger partial charge is 0.377 e. The summed E-state index contributed by atoms with van der Waals surface area (Å²) in [7, 11) is 1.79. The molecule has 0 radical (unpaired) electrons. The van der Waals surface area contributed by atoms with Crippen LogP contribution < -0.4 is 5.32 Å². The third-order valence-electron chi connectivity index (χ3n) is 3.53. The lowest BCUT2D eigenvalue weighted by molar-refractivity contribution is 0.0746. The molecule has 2 rings (SSSR count). The summed E-state index contributed by atoms with van der Waals surface area (Å²) in [5.74, 6) is 0.775. The minimum Gasteiger partial charge on any atom is -0.377 e. The molecular weight excluding hydrogens is 269 g/mol. The van der Waals surface area contributed by atoms with E-state index < -0.39 is 0 Å². The van der Waals surface area contributed by atoms with Crippen molar-refractivity contribution in [3.05, 3.63) is 34.9 Å². The Morgan fingerprint density at radius 1 is 1.28 bits per heavy atom. The SMILES string of the molecule is COC(CC1CCNCC1)c1ccc(Cl)cc1.Cl. The average Bonchev–Trinajstić information content (AvgIpc) is 2.38. The van der Waals surface area contributed by atoms with Crippen LogP contribution >= 0.6 is 24.0 Å². The lowest BCUT2D eigenvalue weighted by Gasteiger charge is -2.26. The second-order valence-corrected chi connectivity index (χ2v) is 5.14. The van der Waals surface area contributed by atoms with Crippen LogP contribution in [0, 0.1) is 5.92 Å². The van der Waals surface area contributed by atoms with Crippen LogP contribution in [0.4, 0.5) is 0 Å². The third-order valence-corrected chi connectivity index (χ3v) is 3.78. The van der Waals surface area contributed by atoms with Crippen molar-refractivity contribution in [2.45, 2.75) is 25.4 Å². The number of ether oxygens (including phenoxy) is 1. The molecule has 1 aliphatic rings. The summed E-state index contributed by atoms with van der Waals surface area (Å²) in [6.07, 6.45) is 3.83. The van der Waals surface area contributed by atoms with Gasteiger partial charge < -0.3 is 10.1 Å². The van der Waals surface area contributed by atoms with E-state index in [2.05, 4.69) is 17.4 Å². The van der Waals surface area contributed by atoms with Crippen molar-refractivity contribution < 1.29 is 4.74 Å². The molecule has 1 aliphatic heterocycles. The van der Waals surface area contributed by atoms with Gasteiger partial charge in [0.05, 0.1) is 6.10 Å². The maximum absolute atomic E-state index is 5.90.